The van der Waals surface area contributed by atoms with Crippen LogP contribution in [0.3, 0.4) is 0 Å². The number of benzene rings is 1. The smallest absolute Gasteiger partial charge is 0.258 e. The van der Waals surface area contributed by atoms with Gasteiger partial charge in [-0.2, -0.15) is 0 Å². The highest BCUT2D eigenvalue weighted by atomic mass is 32.1. The first-order valence-electron chi connectivity index (χ1n) is 6.93. The molecular weight excluding hydrogens is 286 g/mol. The number of aromatic nitrogens is 1. The molecule has 1 aromatic heterocycles. The standard InChI is InChI=1S/C15H17N3O2S/c19-14(11-20-13-4-2-1-3-5-13)17-12-6-8-18(10-12)15-16-7-9-21-15/h1-5,7,9,12H,6,8,10-11H2,(H,17,19). The monoisotopic (exact) mass is 303 g/mol. The molecule has 1 amide bonds. The number of hydrogen-bond acceptors (Lipinski definition) is 5. The van der Waals surface area contributed by atoms with Gasteiger partial charge < -0.3 is 15.0 Å². The maximum absolute atomic E-state index is 11.9. The molecule has 0 aliphatic carbocycles. The quantitative estimate of drug-likeness (QED) is 0.917. The van der Waals surface area contributed by atoms with Crippen LogP contribution in [-0.2, 0) is 4.79 Å². The summed E-state index contributed by atoms with van der Waals surface area (Å²) < 4.78 is 5.44. The van der Waals surface area contributed by atoms with E-state index in [9.17, 15) is 4.79 Å². The van der Waals surface area contributed by atoms with Gasteiger partial charge in [-0.3, -0.25) is 4.79 Å². The second-order valence-corrected chi connectivity index (χ2v) is 5.79. The number of amides is 1. The lowest BCUT2D eigenvalue weighted by molar-refractivity contribution is -0.123. The maximum Gasteiger partial charge on any atom is 0.258 e. The van der Waals surface area contributed by atoms with Crippen LogP contribution in [0.2, 0.25) is 0 Å². The Hall–Kier alpha value is -2.08. The second-order valence-electron chi connectivity index (χ2n) is 4.92. The van der Waals surface area contributed by atoms with Gasteiger partial charge in [0.05, 0.1) is 0 Å². The van der Waals surface area contributed by atoms with Crippen LogP contribution in [0.1, 0.15) is 6.42 Å². The van der Waals surface area contributed by atoms with Crippen molar-refractivity contribution < 1.29 is 9.53 Å². The Morgan fingerprint density at radius 1 is 1.43 bits per heavy atom. The molecule has 5 nitrogen and oxygen atoms in total. The van der Waals surface area contributed by atoms with Gasteiger partial charge in [-0.05, 0) is 18.6 Å². The number of anilines is 1. The van der Waals surface area contributed by atoms with E-state index >= 15 is 0 Å². The highest BCUT2D eigenvalue weighted by Gasteiger charge is 2.25. The van der Waals surface area contributed by atoms with Crippen molar-refractivity contribution >= 4 is 22.4 Å². The summed E-state index contributed by atoms with van der Waals surface area (Å²) in [6.45, 7) is 1.79. The van der Waals surface area contributed by atoms with Crippen LogP contribution in [0.5, 0.6) is 5.75 Å². The van der Waals surface area contributed by atoms with Crippen molar-refractivity contribution in [2.75, 3.05) is 24.6 Å². The van der Waals surface area contributed by atoms with Crippen molar-refractivity contribution in [3.8, 4) is 5.75 Å². The van der Waals surface area contributed by atoms with Crippen molar-refractivity contribution in [2.45, 2.75) is 12.5 Å². The molecule has 2 heterocycles. The molecule has 0 spiro atoms. The molecule has 1 aliphatic heterocycles. The van der Waals surface area contributed by atoms with Gasteiger partial charge in [0.1, 0.15) is 5.75 Å². The minimum Gasteiger partial charge on any atom is -0.484 e. The van der Waals surface area contributed by atoms with Gasteiger partial charge in [-0.15, -0.1) is 11.3 Å². The number of nitrogens with zero attached hydrogens (tertiary/aromatic N) is 2. The number of carbonyl (C=O) groups excluding carboxylic acids is 1. The Morgan fingerprint density at radius 3 is 3.05 bits per heavy atom. The van der Waals surface area contributed by atoms with Gasteiger partial charge in [0.25, 0.3) is 5.91 Å². The molecule has 6 heteroatoms. The maximum atomic E-state index is 11.9. The third-order valence-corrected chi connectivity index (χ3v) is 4.19. The zero-order valence-corrected chi connectivity index (χ0v) is 12.4. The van der Waals surface area contributed by atoms with Crippen LogP contribution in [0.15, 0.2) is 41.9 Å². The normalized spacial score (nSPS) is 17.7. The molecule has 1 N–H and O–H groups in total. The summed E-state index contributed by atoms with van der Waals surface area (Å²) in [7, 11) is 0. The number of thiazole rings is 1. The number of nitrogens with one attached hydrogen (secondary N) is 1. The summed E-state index contributed by atoms with van der Waals surface area (Å²) in [6, 6.07) is 9.53. The highest BCUT2D eigenvalue weighted by molar-refractivity contribution is 7.13. The number of para-hydroxylation sites is 1. The van der Waals surface area contributed by atoms with E-state index in [0.29, 0.717) is 5.75 Å². The molecule has 110 valence electrons. The van der Waals surface area contributed by atoms with Crippen molar-refractivity contribution in [3.05, 3.63) is 41.9 Å². The minimum atomic E-state index is -0.0789. The van der Waals surface area contributed by atoms with E-state index in [4.69, 9.17) is 4.74 Å². The molecule has 2 aromatic rings. The SMILES string of the molecule is O=C(COc1ccccc1)NC1CCN(c2nccs2)C1. The Bertz CT molecular complexity index is 574. The topological polar surface area (TPSA) is 54.5 Å². The lowest BCUT2D eigenvalue weighted by Gasteiger charge is -2.16. The van der Waals surface area contributed by atoms with E-state index in [1.807, 2.05) is 35.7 Å². The fourth-order valence-corrected chi connectivity index (χ4v) is 3.04. The minimum absolute atomic E-state index is 0.0533. The van der Waals surface area contributed by atoms with Gasteiger partial charge in [-0.25, -0.2) is 4.98 Å². The molecular formula is C15H17N3O2S. The molecule has 1 aromatic carbocycles. The predicted molar refractivity (Wildman–Crippen MR) is 82.8 cm³/mol. The molecule has 1 unspecified atom stereocenters. The van der Waals surface area contributed by atoms with Crippen LogP contribution >= 0.6 is 11.3 Å². The van der Waals surface area contributed by atoms with Gasteiger partial charge in [0.2, 0.25) is 0 Å². The van der Waals surface area contributed by atoms with E-state index in [1.54, 1.807) is 17.5 Å². The molecule has 1 fully saturated rings. The first-order chi connectivity index (χ1) is 10.3. The van der Waals surface area contributed by atoms with E-state index < -0.39 is 0 Å². The summed E-state index contributed by atoms with van der Waals surface area (Å²) in [5.41, 5.74) is 0. The largest absolute Gasteiger partial charge is 0.484 e. The van der Waals surface area contributed by atoms with Crippen molar-refractivity contribution in [3.63, 3.8) is 0 Å². The fraction of sp³-hybridized carbons (Fsp3) is 0.333. The number of carbonyl (C=O) groups is 1. The molecule has 3 rings (SSSR count). The zero-order chi connectivity index (χ0) is 14.5. The summed E-state index contributed by atoms with van der Waals surface area (Å²) in [4.78, 5) is 18.4. The van der Waals surface area contributed by atoms with Crippen molar-refractivity contribution in [2.24, 2.45) is 0 Å². The summed E-state index contributed by atoms with van der Waals surface area (Å²) >= 11 is 1.63. The first-order valence-corrected chi connectivity index (χ1v) is 7.81. The van der Waals surface area contributed by atoms with E-state index in [2.05, 4.69) is 15.2 Å². The predicted octanol–water partition coefficient (Wildman–Crippen LogP) is 1.92. The highest BCUT2D eigenvalue weighted by Crippen LogP contribution is 2.22. The number of hydrogen-bond donors (Lipinski definition) is 1. The molecule has 1 atom stereocenters. The molecule has 1 aliphatic rings. The van der Waals surface area contributed by atoms with Crippen molar-refractivity contribution in [1.29, 1.82) is 0 Å². The Kier molecular flexibility index (Phi) is 4.35. The van der Waals surface area contributed by atoms with Gasteiger partial charge in [0.15, 0.2) is 11.7 Å². The summed E-state index contributed by atoms with van der Waals surface area (Å²) in [6.07, 6.45) is 2.75. The van der Waals surface area contributed by atoms with Crippen LogP contribution in [-0.4, -0.2) is 36.6 Å². The van der Waals surface area contributed by atoms with Gasteiger partial charge in [-0.1, -0.05) is 18.2 Å². The van der Waals surface area contributed by atoms with E-state index in [1.165, 1.54) is 0 Å². The molecule has 0 saturated carbocycles. The van der Waals surface area contributed by atoms with Crippen LogP contribution in [0.4, 0.5) is 5.13 Å². The van der Waals surface area contributed by atoms with Crippen LogP contribution < -0.4 is 15.0 Å². The second kappa shape index (κ2) is 6.58. The zero-order valence-electron chi connectivity index (χ0n) is 11.6. The molecule has 0 bridgehead atoms. The Balaban J connectivity index is 1.43. The number of rotatable bonds is 5. The fourth-order valence-electron chi connectivity index (χ4n) is 2.36. The van der Waals surface area contributed by atoms with E-state index in [0.717, 1.165) is 24.6 Å². The first kappa shape index (κ1) is 13.9. The van der Waals surface area contributed by atoms with Crippen LogP contribution in [0, 0.1) is 0 Å². The average Bonchev–Trinajstić information content (AvgIpc) is 3.17. The Labute approximate surface area is 127 Å². The third-order valence-electron chi connectivity index (χ3n) is 3.36. The molecule has 1 saturated heterocycles. The summed E-state index contributed by atoms with van der Waals surface area (Å²) in [5, 5.41) is 6.00. The lowest BCUT2D eigenvalue weighted by atomic mass is 10.2. The molecule has 21 heavy (non-hydrogen) atoms. The lowest BCUT2D eigenvalue weighted by Crippen LogP contribution is -2.39. The van der Waals surface area contributed by atoms with Crippen molar-refractivity contribution in [1.82, 2.24) is 10.3 Å². The van der Waals surface area contributed by atoms with E-state index in [-0.39, 0.29) is 18.6 Å². The van der Waals surface area contributed by atoms with Gasteiger partial charge in [0, 0.05) is 30.7 Å². The number of ether oxygens (including phenoxy) is 1. The van der Waals surface area contributed by atoms with Crippen LogP contribution in [0.25, 0.3) is 0 Å². The average molecular weight is 303 g/mol. The molecule has 0 radical (unpaired) electrons. The summed E-state index contributed by atoms with van der Waals surface area (Å²) in [5.74, 6) is 0.633. The Morgan fingerprint density at radius 2 is 2.29 bits per heavy atom. The third kappa shape index (κ3) is 3.72. The van der Waals surface area contributed by atoms with Gasteiger partial charge >= 0.3 is 0 Å².